The van der Waals surface area contributed by atoms with E-state index in [4.69, 9.17) is 42.7 Å². The van der Waals surface area contributed by atoms with Gasteiger partial charge in [0.05, 0.1) is 54.6 Å². The van der Waals surface area contributed by atoms with E-state index in [2.05, 4.69) is 0 Å². The first-order chi connectivity index (χ1) is 17.7. The number of aliphatic hydroxyl groups is 1. The Balaban J connectivity index is 1.98. The number of aliphatic hydroxyl groups excluding tert-OH is 1. The summed E-state index contributed by atoms with van der Waals surface area (Å²) in [7, 11) is 4.34. The predicted molar refractivity (Wildman–Crippen MR) is 138 cm³/mol. The number of benzene rings is 3. The lowest BCUT2D eigenvalue weighted by atomic mass is 9.94. The van der Waals surface area contributed by atoms with Crippen molar-refractivity contribution in [2.24, 2.45) is 0 Å². The molecule has 3 aromatic rings. The van der Waals surface area contributed by atoms with Crippen LogP contribution in [0.4, 0.5) is 5.69 Å². The number of Topliss-reactive ketones (excluding diaryl/α,β-unsaturated/α-hetero) is 1. The van der Waals surface area contributed by atoms with Gasteiger partial charge in [-0.15, -0.1) is 0 Å². The van der Waals surface area contributed by atoms with Crippen LogP contribution in [-0.2, 0) is 9.59 Å². The molecule has 10 heteroatoms. The highest BCUT2D eigenvalue weighted by Gasteiger charge is 2.47. The molecule has 1 N–H and O–H groups in total. The van der Waals surface area contributed by atoms with Crippen LogP contribution in [0.1, 0.15) is 22.7 Å². The number of hydrogen-bond acceptors (Lipinski definition) is 7. The molecule has 4 rings (SSSR count). The Morgan fingerprint density at radius 3 is 2.08 bits per heavy atom. The molecule has 1 fully saturated rings. The van der Waals surface area contributed by atoms with Gasteiger partial charge in [-0.25, -0.2) is 0 Å². The Morgan fingerprint density at radius 1 is 0.919 bits per heavy atom. The molecule has 0 bridgehead atoms. The number of carbonyl (C=O) groups excluding carboxylic acids is 2. The van der Waals surface area contributed by atoms with Gasteiger partial charge in [-0.1, -0.05) is 29.3 Å². The van der Waals surface area contributed by atoms with Crippen LogP contribution in [0.2, 0.25) is 10.0 Å². The number of nitrogens with zero attached hydrogens (tertiary/aromatic N) is 2. The fourth-order valence-corrected chi connectivity index (χ4v) is 4.82. The van der Waals surface area contributed by atoms with Crippen LogP contribution in [0.5, 0.6) is 17.2 Å². The quantitative estimate of drug-likeness (QED) is 0.250. The average Bonchev–Trinajstić information content (AvgIpc) is 3.17. The summed E-state index contributed by atoms with van der Waals surface area (Å²) in [6.07, 6.45) is 0. The Hall–Kier alpha value is -4.19. The summed E-state index contributed by atoms with van der Waals surface area (Å²) >= 11 is 12.5. The van der Waals surface area contributed by atoms with Crippen LogP contribution in [0.3, 0.4) is 0 Å². The normalized spacial score (nSPS) is 16.4. The first-order valence-corrected chi connectivity index (χ1v) is 11.6. The maximum absolute atomic E-state index is 13.4. The van der Waals surface area contributed by atoms with Gasteiger partial charge in [0, 0.05) is 11.3 Å². The van der Waals surface area contributed by atoms with Gasteiger partial charge in [-0.2, -0.15) is 5.26 Å². The molecular formula is C27H20Cl2N2O6. The maximum Gasteiger partial charge on any atom is 0.300 e. The van der Waals surface area contributed by atoms with E-state index in [1.54, 1.807) is 30.3 Å². The molecule has 1 unspecified atom stereocenters. The van der Waals surface area contributed by atoms with E-state index in [-0.39, 0.29) is 26.9 Å². The Bertz CT molecular complexity index is 1450. The number of rotatable bonds is 6. The number of anilines is 1. The molecule has 0 aromatic heterocycles. The molecule has 0 aliphatic carbocycles. The number of amides is 1. The van der Waals surface area contributed by atoms with Crippen LogP contribution in [-0.4, -0.2) is 38.1 Å². The van der Waals surface area contributed by atoms with Gasteiger partial charge in [0.1, 0.15) is 5.76 Å². The second-order valence-corrected chi connectivity index (χ2v) is 8.73. The highest BCUT2D eigenvalue weighted by atomic mass is 35.5. The van der Waals surface area contributed by atoms with Crippen molar-refractivity contribution in [2.45, 2.75) is 6.04 Å². The second-order valence-electron chi connectivity index (χ2n) is 7.92. The van der Waals surface area contributed by atoms with Gasteiger partial charge in [0.15, 0.2) is 17.2 Å². The molecule has 1 aliphatic rings. The maximum atomic E-state index is 13.4. The first-order valence-electron chi connectivity index (χ1n) is 10.8. The molecule has 3 aromatic carbocycles. The minimum atomic E-state index is -1.05. The monoisotopic (exact) mass is 538 g/mol. The minimum Gasteiger partial charge on any atom is -0.507 e. The zero-order valence-corrected chi connectivity index (χ0v) is 21.4. The summed E-state index contributed by atoms with van der Waals surface area (Å²) in [5.41, 5.74) is 1.14. The van der Waals surface area contributed by atoms with Gasteiger partial charge < -0.3 is 19.3 Å². The first kappa shape index (κ1) is 25.9. The fraction of sp³-hybridized carbons (Fsp3) is 0.148. The molecule has 0 spiro atoms. The highest BCUT2D eigenvalue weighted by Crippen LogP contribution is 2.45. The number of halogens is 2. The minimum absolute atomic E-state index is 0.112. The summed E-state index contributed by atoms with van der Waals surface area (Å²) < 4.78 is 15.9. The molecule has 0 saturated carbocycles. The molecule has 1 aliphatic heterocycles. The summed E-state index contributed by atoms with van der Waals surface area (Å²) in [6, 6.07) is 14.8. The van der Waals surface area contributed by atoms with Crippen LogP contribution in [0, 0.1) is 11.3 Å². The Kier molecular flexibility index (Phi) is 7.30. The summed E-state index contributed by atoms with van der Waals surface area (Å²) in [6.45, 7) is 0. The Labute approximate surface area is 222 Å². The number of ketones is 1. The molecule has 1 atom stereocenters. The van der Waals surface area contributed by atoms with Crippen molar-refractivity contribution in [1.29, 1.82) is 5.26 Å². The third-order valence-corrected chi connectivity index (χ3v) is 6.48. The van der Waals surface area contributed by atoms with Crippen LogP contribution in [0.15, 0.2) is 60.2 Å². The second kappa shape index (κ2) is 10.4. The third-order valence-electron chi connectivity index (χ3n) is 5.92. The Morgan fingerprint density at radius 2 is 1.54 bits per heavy atom. The van der Waals surface area contributed by atoms with Crippen molar-refractivity contribution < 1.29 is 28.9 Å². The average molecular weight is 539 g/mol. The van der Waals surface area contributed by atoms with Crippen LogP contribution in [0.25, 0.3) is 5.76 Å². The van der Waals surface area contributed by atoms with E-state index in [0.29, 0.717) is 28.3 Å². The van der Waals surface area contributed by atoms with E-state index in [1.807, 2.05) is 6.07 Å². The number of carbonyl (C=O) groups is 2. The van der Waals surface area contributed by atoms with Gasteiger partial charge in [0.2, 0.25) is 0 Å². The number of methoxy groups -OCH3 is 3. The molecule has 1 amide bonds. The lowest BCUT2D eigenvalue weighted by molar-refractivity contribution is -0.132. The molecule has 188 valence electrons. The molecule has 0 radical (unpaired) electrons. The molecule has 1 saturated heterocycles. The predicted octanol–water partition coefficient (Wildman–Crippen LogP) is 5.52. The zero-order chi connectivity index (χ0) is 26.9. The van der Waals surface area contributed by atoms with Crippen LogP contribution < -0.4 is 19.1 Å². The third kappa shape index (κ3) is 4.55. The van der Waals surface area contributed by atoms with Crippen molar-refractivity contribution in [3.05, 3.63) is 86.9 Å². The summed E-state index contributed by atoms with van der Waals surface area (Å²) in [5.74, 6) is -1.24. The van der Waals surface area contributed by atoms with Gasteiger partial charge in [0.25, 0.3) is 11.7 Å². The molecular weight excluding hydrogens is 519 g/mol. The van der Waals surface area contributed by atoms with Gasteiger partial charge >= 0.3 is 0 Å². The van der Waals surface area contributed by atoms with Crippen LogP contribution >= 0.6 is 23.2 Å². The lowest BCUT2D eigenvalue weighted by Gasteiger charge is -2.26. The van der Waals surface area contributed by atoms with Gasteiger partial charge in [-0.3, -0.25) is 14.5 Å². The smallest absolute Gasteiger partial charge is 0.300 e. The fourth-order valence-electron chi connectivity index (χ4n) is 4.18. The van der Waals surface area contributed by atoms with E-state index in [9.17, 15) is 14.7 Å². The van der Waals surface area contributed by atoms with E-state index in [1.165, 1.54) is 50.5 Å². The highest BCUT2D eigenvalue weighted by molar-refractivity contribution is 6.51. The SMILES string of the molecule is COc1ccc(C2/C(=C(\O)c3cc(Cl)c(OC)c(Cl)c3)C(=O)C(=O)N2c2ccc(C#N)cc2)cc1OC. The number of hydrogen-bond donors (Lipinski definition) is 1. The lowest BCUT2D eigenvalue weighted by Crippen LogP contribution is -2.29. The number of nitriles is 1. The number of ether oxygens (including phenoxy) is 3. The molecule has 37 heavy (non-hydrogen) atoms. The van der Waals surface area contributed by atoms with E-state index < -0.39 is 23.5 Å². The standard InChI is InChI=1S/C27H20Cl2N2O6/c1-35-20-9-6-15(12-21(20)36-2)23-22(24(32)16-10-18(28)26(37-3)19(29)11-16)25(33)27(34)31(23)17-7-4-14(13-30)5-8-17/h4-12,23,32H,1-3H3/b24-22+. The van der Waals surface area contributed by atoms with Gasteiger partial charge in [-0.05, 0) is 54.1 Å². The zero-order valence-electron chi connectivity index (χ0n) is 19.9. The van der Waals surface area contributed by atoms with E-state index in [0.717, 1.165) is 0 Å². The van der Waals surface area contributed by atoms with Crippen molar-refractivity contribution in [3.63, 3.8) is 0 Å². The van der Waals surface area contributed by atoms with Crippen molar-refractivity contribution in [3.8, 4) is 23.3 Å². The molecule has 1 heterocycles. The van der Waals surface area contributed by atoms with Crippen molar-refractivity contribution in [2.75, 3.05) is 26.2 Å². The van der Waals surface area contributed by atoms with Crippen molar-refractivity contribution >= 4 is 46.3 Å². The summed E-state index contributed by atoms with van der Waals surface area (Å²) in [4.78, 5) is 28.0. The summed E-state index contributed by atoms with van der Waals surface area (Å²) in [5, 5.41) is 20.7. The topological polar surface area (TPSA) is 109 Å². The molecule has 8 nitrogen and oxygen atoms in total. The van der Waals surface area contributed by atoms with E-state index >= 15 is 0 Å². The van der Waals surface area contributed by atoms with Crippen molar-refractivity contribution in [1.82, 2.24) is 0 Å². The largest absolute Gasteiger partial charge is 0.507 e.